The van der Waals surface area contributed by atoms with Crippen LogP contribution in [0.4, 0.5) is 17.2 Å². The second-order valence-corrected chi connectivity index (χ2v) is 8.14. The van der Waals surface area contributed by atoms with Crippen LogP contribution in [0.15, 0.2) is 65.7 Å². The monoisotopic (exact) mass is 381 g/mol. The fourth-order valence-corrected chi connectivity index (χ4v) is 3.72. The van der Waals surface area contributed by atoms with Crippen molar-refractivity contribution < 1.29 is 8.42 Å². The Morgan fingerprint density at radius 1 is 0.889 bits per heavy atom. The van der Waals surface area contributed by atoms with E-state index in [9.17, 15) is 8.42 Å². The summed E-state index contributed by atoms with van der Waals surface area (Å²) >= 11 is 0. The Bertz CT molecular complexity index is 1030. The third-order valence-electron chi connectivity index (χ3n) is 4.44. The van der Waals surface area contributed by atoms with E-state index < -0.39 is 10.0 Å². The molecule has 0 aliphatic carbocycles. The van der Waals surface area contributed by atoms with E-state index in [1.807, 2.05) is 26.0 Å². The summed E-state index contributed by atoms with van der Waals surface area (Å²) in [5.41, 5.74) is 4.61. The summed E-state index contributed by atoms with van der Waals surface area (Å²) in [6.07, 6.45) is 2.50. The number of sulfonamides is 1. The number of hydrogen-bond donors (Lipinski definition) is 2. The van der Waals surface area contributed by atoms with Crippen molar-refractivity contribution in [2.24, 2.45) is 0 Å². The number of anilines is 3. The van der Waals surface area contributed by atoms with Crippen molar-refractivity contribution in [1.82, 2.24) is 4.98 Å². The molecule has 3 rings (SSSR count). The number of aryl methyl sites for hydroxylation is 3. The summed E-state index contributed by atoms with van der Waals surface area (Å²) in [5, 5.41) is 3.20. The molecule has 2 N–H and O–H groups in total. The number of pyridine rings is 1. The molecule has 0 atom stereocenters. The molecule has 0 unspecified atom stereocenters. The standard InChI is InChI=1S/C21H23N3O2S/c1-4-17-6-8-18(9-7-17)23-21-12-10-19(14-22-21)24-27(25,26)20-11-5-15(2)16(3)13-20/h5-14,24H,4H2,1-3H3,(H,22,23). The van der Waals surface area contributed by atoms with E-state index in [4.69, 9.17) is 0 Å². The zero-order valence-corrected chi connectivity index (χ0v) is 16.5. The first-order valence-electron chi connectivity index (χ1n) is 8.79. The Morgan fingerprint density at radius 3 is 2.19 bits per heavy atom. The van der Waals surface area contributed by atoms with Gasteiger partial charge in [-0.15, -0.1) is 0 Å². The first-order valence-corrected chi connectivity index (χ1v) is 10.3. The molecular formula is C21H23N3O2S. The predicted octanol–water partition coefficient (Wildman–Crippen LogP) is 4.81. The van der Waals surface area contributed by atoms with Crippen LogP contribution in [0.1, 0.15) is 23.6 Å². The van der Waals surface area contributed by atoms with E-state index in [1.165, 1.54) is 11.8 Å². The Balaban J connectivity index is 1.71. The van der Waals surface area contributed by atoms with Crippen molar-refractivity contribution in [3.8, 4) is 0 Å². The molecule has 0 spiro atoms. The van der Waals surface area contributed by atoms with Gasteiger partial charge in [-0.2, -0.15) is 0 Å². The van der Waals surface area contributed by atoms with Gasteiger partial charge in [0.05, 0.1) is 16.8 Å². The highest BCUT2D eigenvalue weighted by atomic mass is 32.2. The van der Waals surface area contributed by atoms with Gasteiger partial charge < -0.3 is 5.32 Å². The van der Waals surface area contributed by atoms with Crippen molar-refractivity contribution in [3.63, 3.8) is 0 Å². The Kier molecular flexibility index (Phi) is 5.46. The van der Waals surface area contributed by atoms with Gasteiger partial charge >= 0.3 is 0 Å². The molecule has 1 aromatic heterocycles. The Hall–Kier alpha value is -2.86. The maximum Gasteiger partial charge on any atom is 0.261 e. The van der Waals surface area contributed by atoms with Crippen LogP contribution in [-0.4, -0.2) is 13.4 Å². The lowest BCUT2D eigenvalue weighted by molar-refractivity contribution is 0.601. The molecule has 2 aromatic carbocycles. The van der Waals surface area contributed by atoms with Crippen LogP contribution in [0.25, 0.3) is 0 Å². The third kappa shape index (κ3) is 4.65. The number of nitrogens with one attached hydrogen (secondary N) is 2. The molecule has 3 aromatic rings. The van der Waals surface area contributed by atoms with Crippen LogP contribution in [0, 0.1) is 13.8 Å². The van der Waals surface area contributed by atoms with Crippen LogP contribution < -0.4 is 10.0 Å². The third-order valence-corrected chi connectivity index (χ3v) is 5.82. The van der Waals surface area contributed by atoms with Crippen LogP contribution >= 0.6 is 0 Å². The van der Waals surface area contributed by atoms with Gasteiger partial charge in [0.2, 0.25) is 0 Å². The van der Waals surface area contributed by atoms with E-state index >= 15 is 0 Å². The number of nitrogens with zero attached hydrogens (tertiary/aromatic N) is 1. The Labute approximate surface area is 160 Å². The highest BCUT2D eigenvalue weighted by Gasteiger charge is 2.15. The first kappa shape index (κ1) is 18.9. The van der Waals surface area contributed by atoms with E-state index in [0.29, 0.717) is 11.5 Å². The molecule has 0 bridgehead atoms. The summed E-state index contributed by atoms with van der Waals surface area (Å²) in [7, 11) is -3.64. The minimum atomic E-state index is -3.64. The molecule has 0 amide bonds. The van der Waals surface area contributed by atoms with Gasteiger partial charge in [-0.05, 0) is 73.4 Å². The normalized spacial score (nSPS) is 11.2. The van der Waals surface area contributed by atoms with Crippen LogP contribution in [-0.2, 0) is 16.4 Å². The zero-order valence-electron chi connectivity index (χ0n) is 15.7. The van der Waals surface area contributed by atoms with Gasteiger partial charge in [-0.25, -0.2) is 13.4 Å². The lowest BCUT2D eigenvalue weighted by atomic mass is 10.1. The maximum atomic E-state index is 12.5. The summed E-state index contributed by atoms with van der Waals surface area (Å²) in [4.78, 5) is 4.53. The first-order chi connectivity index (χ1) is 12.9. The largest absolute Gasteiger partial charge is 0.340 e. The molecule has 0 fully saturated rings. The van der Waals surface area contributed by atoms with Crippen molar-refractivity contribution >= 4 is 27.2 Å². The molecule has 6 heteroatoms. The molecule has 0 saturated carbocycles. The van der Waals surface area contributed by atoms with Crippen molar-refractivity contribution in [1.29, 1.82) is 0 Å². The van der Waals surface area contributed by atoms with Crippen molar-refractivity contribution in [2.45, 2.75) is 32.1 Å². The summed E-state index contributed by atoms with van der Waals surface area (Å²) in [6.45, 7) is 5.95. The lowest BCUT2D eigenvalue weighted by Gasteiger charge is -2.11. The molecule has 0 aliphatic heterocycles. The average molecular weight is 382 g/mol. The van der Waals surface area contributed by atoms with Gasteiger partial charge in [0.15, 0.2) is 0 Å². The van der Waals surface area contributed by atoms with E-state index in [-0.39, 0.29) is 4.90 Å². The zero-order chi connectivity index (χ0) is 19.4. The lowest BCUT2D eigenvalue weighted by Crippen LogP contribution is -2.13. The summed E-state index contributed by atoms with van der Waals surface area (Å²) < 4.78 is 27.7. The fraction of sp³-hybridized carbons (Fsp3) is 0.190. The molecule has 0 saturated heterocycles. The number of hydrogen-bond acceptors (Lipinski definition) is 4. The molecular weight excluding hydrogens is 358 g/mol. The number of aromatic nitrogens is 1. The van der Waals surface area contributed by atoms with E-state index in [0.717, 1.165) is 23.2 Å². The minimum Gasteiger partial charge on any atom is -0.340 e. The van der Waals surface area contributed by atoms with E-state index in [2.05, 4.69) is 34.1 Å². The summed E-state index contributed by atoms with van der Waals surface area (Å²) in [6, 6.07) is 16.6. The topological polar surface area (TPSA) is 71.1 Å². The smallest absolute Gasteiger partial charge is 0.261 e. The fourth-order valence-electron chi connectivity index (χ4n) is 2.59. The van der Waals surface area contributed by atoms with Crippen LogP contribution in [0.3, 0.4) is 0 Å². The van der Waals surface area contributed by atoms with Crippen LogP contribution in [0.5, 0.6) is 0 Å². The molecule has 5 nitrogen and oxygen atoms in total. The second-order valence-electron chi connectivity index (χ2n) is 6.46. The average Bonchev–Trinajstić information content (AvgIpc) is 2.66. The minimum absolute atomic E-state index is 0.240. The maximum absolute atomic E-state index is 12.5. The Morgan fingerprint density at radius 2 is 1.59 bits per heavy atom. The van der Waals surface area contributed by atoms with Gasteiger partial charge in [-0.3, -0.25) is 4.72 Å². The molecule has 27 heavy (non-hydrogen) atoms. The highest BCUT2D eigenvalue weighted by molar-refractivity contribution is 7.92. The van der Waals surface area contributed by atoms with Crippen molar-refractivity contribution in [3.05, 3.63) is 77.5 Å². The molecule has 0 aliphatic rings. The van der Waals surface area contributed by atoms with E-state index in [1.54, 1.807) is 30.3 Å². The van der Waals surface area contributed by atoms with Gasteiger partial charge in [0.25, 0.3) is 10.0 Å². The molecule has 0 radical (unpaired) electrons. The van der Waals surface area contributed by atoms with Gasteiger partial charge in [0.1, 0.15) is 5.82 Å². The molecule has 1 heterocycles. The van der Waals surface area contributed by atoms with Gasteiger partial charge in [-0.1, -0.05) is 25.1 Å². The number of benzene rings is 2. The van der Waals surface area contributed by atoms with Crippen molar-refractivity contribution in [2.75, 3.05) is 10.0 Å². The second kappa shape index (κ2) is 7.80. The summed E-state index contributed by atoms with van der Waals surface area (Å²) in [5.74, 6) is 0.647. The molecule has 140 valence electrons. The highest BCUT2D eigenvalue weighted by Crippen LogP contribution is 2.21. The predicted molar refractivity (Wildman–Crippen MR) is 110 cm³/mol. The quantitative estimate of drug-likeness (QED) is 0.643. The van der Waals surface area contributed by atoms with Crippen LogP contribution in [0.2, 0.25) is 0 Å². The SMILES string of the molecule is CCc1ccc(Nc2ccc(NS(=O)(=O)c3ccc(C)c(C)c3)cn2)cc1. The van der Waals surface area contributed by atoms with Gasteiger partial charge in [0, 0.05) is 5.69 Å². The number of rotatable bonds is 6.